The van der Waals surface area contributed by atoms with Gasteiger partial charge in [-0.05, 0) is 29.2 Å². The molecule has 0 radical (unpaired) electrons. The maximum atomic E-state index is 12.7. The molecular weight excluding hydrogens is 323 g/mol. The van der Waals surface area contributed by atoms with E-state index in [4.69, 9.17) is 13.8 Å². The second-order valence-corrected chi connectivity index (χ2v) is 7.14. The van der Waals surface area contributed by atoms with Crippen molar-refractivity contribution >= 4 is 19.1 Å². The zero-order chi connectivity index (χ0) is 17.8. The Morgan fingerprint density at radius 1 is 1.17 bits per heavy atom. The Balaban J connectivity index is 3.78. The molecule has 0 atom stereocenters. The van der Waals surface area contributed by atoms with Crippen LogP contribution in [0.5, 0.6) is 11.5 Å². The van der Waals surface area contributed by atoms with Gasteiger partial charge in [-0.3, -0.25) is 4.57 Å². The lowest BCUT2D eigenvalue weighted by atomic mass is 9.94. The monoisotopic (exact) mass is 344 g/mol. The SMILES string of the molecule is COc1cc(C(=C(C(=O)O)P(=O)(OC)OC)C(C)C)ccc1O. The molecule has 0 aromatic heterocycles. The van der Waals surface area contributed by atoms with Crippen molar-refractivity contribution in [3.8, 4) is 11.5 Å². The summed E-state index contributed by atoms with van der Waals surface area (Å²) in [4.78, 5) is 11.7. The van der Waals surface area contributed by atoms with Gasteiger partial charge >= 0.3 is 13.6 Å². The fraction of sp³-hybridized carbons (Fsp3) is 0.400. The van der Waals surface area contributed by atoms with E-state index in [2.05, 4.69) is 0 Å². The summed E-state index contributed by atoms with van der Waals surface area (Å²) in [7, 11) is -0.347. The number of phenolic OH excluding ortho intramolecular Hbond substituents is 1. The second kappa shape index (κ2) is 7.64. The van der Waals surface area contributed by atoms with Gasteiger partial charge in [-0.25, -0.2) is 4.79 Å². The molecule has 0 aliphatic rings. The largest absolute Gasteiger partial charge is 0.504 e. The Bertz CT molecular complexity index is 656. The van der Waals surface area contributed by atoms with E-state index in [9.17, 15) is 19.6 Å². The molecular formula is C15H21O7P. The quantitative estimate of drug-likeness (QED) is 0.577. The Morgan fingerprint density at radius 2 is 1.74 bits per heavy atom. The molecule has 0 aliphatic carbocycles. The van der Waals surface area contributed by atoms with Gasteiger partial charge in [-0.15, -0.1) is 0 Å². The average Bonchev–Trinajstić information content (AvgIpc) is 2.51. The number of aromatic hydroxyl groups is 1. The van der Waals surface area contributed by atoms with Crippen LogP contribution in [0.1, 0.15) is 19.4 Å². The summed E-state index contributed by atoms with van der Waals surface area (Å²) in [6.45, 7) is 3.51. The first kappa shape index (κ1) is 19.2. The minimum Gasteiger partial charge on any atom is -0.504 e. The van der Waals surface area contributed by atoms with Crippen molar-refractivity contribution in [2.24, 2.45) is 5.92 Å². The molecule has 0 fully saturated rings. The van der Waals surface area contributed by atoms with E-state index >= 15 is 0 Å². The highest BCUT2D eigenvalue weighted by Gasteiger charge is 2.37. The van der Waals surface area contributed by atoms with Gasteiger partial charge in [0.1, 0.15) is 0 Å². The highest BCUT2D eigenvalue weighted by atomic mass is 31.2. The molecule has 0 unspecified atom stereocenters. The molecule has 1 aromatic carbocycles. The maximum absolute atomic E-state index is 12.7. The van der Waals surface area contributed by atoms with Crippen molar-refractivity contribution in [1.82, 2.24) is 0 Å². The number of phenols is 1. The molecule has 0 bridgehead atoms. The third-order valence-corrected chi connectivity index (χ3v) is 5.22. The zero-order valence-electron chi connectivity index (χ0n) is 13.7. The van der Waals surface area contributed by atoms with E-state index in [1.807, 2.05) is 0 Å². The van der Waals surface area contributed by atoms with Gasteiger partial charge < -0.3 is 24.0 Å². The van der Waals surface area contributed by atoms with Crippen LogP contribution in [-0.4, -0.2) is 37.5 Å². The lowest BCUT2D eigenvalue weighted by Gasteiger charge is -2.21. The van der Waals surface area contributed by atoms with E-state index in [1.54, 1.807) is 13.8 Å². The van der Waals surface area contributed by atoms with Gasteiger partial charge in [0.25, 0.3) is 0 Å². The minimum atomic E-state index is -3.98. The van der Waals surface area contributed by atoms with Crippen LogP contribution < -0.4 is 4.74 Å². The van der Waals surface area contributed by atoms with E-state index in [1.165, 1.54) is 25.3 Å². The van der Waals surface area contributed by atoms with Crippen molar-refractivity contribution in [2.45, 2.75) is 13.8 Å². The number of rotatable bonds is 7. The highest BCUT2D eigenvalue weighted by Crippen LogP contribution is 2.58. The van der Waals surface area contributed by atoms with Gasteiger partial charge in [0.2, 0.25) is 0 Å². The topological polar surface area (TPSA) is 102 Å². The predicted octanol–water partition coefficient (Wildman–Crippen LogP) is 3.34. The molecule has 0 heterocycles. The molecule has 0 aliphatic heterocycles. The number of carboxylic acid groups (broad SMARTS) is 1. The van der Waals surface area contributed by atoms with E-state index in [0.717, 1.165) is 14.2 Å². The van der Waals surface area contributed by atoms with E-state index < -0.39 is 18.9 Å². The number of benzene rings is 1. The predicted molar refractivity (Wildman–Crippen MR) is 85.7 cm³/mol. The van der Waals surface area contributed by atoms with Gasteiger partial charge in [-0.1, -0.05) is 19.9 Å². The Labute approximate surface area is 135 Å². The van der Waals surface area contributed by atoms with Crippen LogP contribution in [0.3, 0.4) is 0 Å². The Kier molecular flexibility index (Phi) is 6.38. The van der Waals surface area contributed by atoms with Crippen molar-refractivity contribution in [2.75, 3.05) is 21.3 Å². The summed E-state index contributed by atoms with van der Waals surface area (Å²) < 4.78 is 27.4. The molecule has 1 aromatic rings. The Morgan fingerprint density at radius 3 is 2.13 bits per heavy atom. The third kappa shape index (κ3) is 3.93. The van der Waals surface area contributed by atoms with Crippen molar-refractivity contribution in [3.05, 3.63) is 29.1 Å². The first-order chi connectivity index (χ1) is 10.7. The van der Waals surface area contributed by atoms with Gasteiger partial charge in [0.15, 0.2) is 16.8 Å². The number of hydrogen-bond acceptors (Lipinski definition) is 6. The highest BCUT2D eigenvalue weighted by molar-refractivity contribution is 7.60. The molecule has 23 heavy (non-hydrogen) atoms. The molecule has 1 rings (SSSR count). The summed E-state index contributed by atoms with van der Waals surface area (Å²) in [5.74, 6) is -1.60. The van der Waals surface area contributed by atoms with Crippen molar-refractivity contribution < 1.29 is 33.4 Å². The molecule has 128 valence electrons. The average molecular weight is 344 g/mol. The summed E-state index contributed by atoms with van der Waals surface area (Å²) in [6.07, 6.45) is 0. The minimum absolute atomic E-state index is 0.0853. The fourth-order valence-corrected chi connectivity index (χ4v) is 3.66. The van der Waals surface area contributed by atoms with E-state index in [-0.39, 0.29) is 23.0 Å². The van der Waals surface area contributed by atoms with Gasteiger partial charge in [-0.2, -0.15) is 0 Å². The maximum Gasteiger partial charge on any atom is 0.368 e. The summed E-state index contributed by atoms with van der Waals surface area (Å²) in [6, 6.07) is 4.37. The number of carboxylic acids is 1. The zero-order valence-corrected chi connectivity index (χ0v) is 14.6. The molecule has 7 nitrogen and oxygen atoms in total. The van der Waals surface area contributed by atoms with Crippen LogP contribution in [0.4, 0.5) is 0 Å². The molecule has 8 heteroatoms. The number of carbonyl (C=O) groups is 1. The summed E-state index contributed by atoms with van der Waals surface area (Å²) in [5.41, 5.74) is 0.726. The fourth-order valence-electron chi connectivity index (χ4n) is 2.23. The van der Waals surface area contributed by atoms with Gasteiger partial charge in [0.05, 0.1) is 7.11 Å². The third-order valence-electron chi connectivity index (χ3n) is 3.28. The van der Waals surface area contributed by atoms with Crippen LogP contribution in [0, 0.1) is 5.92 Å². The van der Waals surface area contributed by atoms with Gasteiger partial charge in [0, 0.05) is 14.2 Å². The van der Waals surface area contributed by atoms with Crippen LogP contribution in [-0.2, 0) is 18.4 Å². The number of methoxy groups -OCH3 is 1. The number of hydrogen-bond donors (Lipinski definition) is 2. The van der Waals surface area contributed by atoms with Crippen LogP contribution in [0.25, 0.3) is 5.57 Å². The lowest BCUT2D eigenvalue weighted by molar-refractivity contribution is -0.132. The standard InChI is InChI=1S/C15H21O7P/c1-9(2)13(10-6-7-11(16)12(8-10)20-3)14(15(17)18)23(19,21-4)22-5/h6-9,16H,1-5H3,(H,17,18). The lowest BCUT2D eigenvalue weighted by Crippen LogP contribution is -2.11. The smallest absolute Gasteiger partial charge is 0.368 e. The molecule has 0 saturated carbocycles. The first-order valence-corrected chi connectivity index (χ1v) is 8.33. The second-order valence-electron chi connectivity index (χ2n) is 4.97. The van der Waals surface area contributed by atoms with Crippen LogP contribution in [0.2, 0.25) is 0 Å². The molecule has 0 spiro atoms. The molecule has 0 saturated heterocycles. The van der Waals surface area contributed by atoms with Crippen LogP contribution >= 0.6 is 7.60 Å². The van der Waals surface area contributed by atoms with E-state index in [0.29, 0.717) is 5.56 Å². The summed E-state index contributed by atoms with van der Waals surface area (Å²) >= 11 is 0. The molecule has 0 amide bonds. The van der Waals surface area contributed by atoms with Crippen LogP contribution in [0.15, 0.2) is 23.5 Å². The first-order valence-electron chi connectivity index (χ1n) is 6.78. The normalized spacial score (nSPS) is 13.0. The Hall–Kier alpha value is -1.82. The molecule has 2 N–H and O–H groups in total. The van der Waals surface area contributed by atoms with Crippen molar-refractivity contribution in [3.63, 3.8) is 0 Å². The number of aliphatic carboxylic acids is 1. The number of ether oxygens (including phenoxy) is 1. The van der Waals surface area contributed by atoms with Crippen molar-refractivity contribution in [1.29, 1.82) is 0 Å². The number of allylic oxidation sites excluding steroid dienone is 1. The summed E-state index contributed by atoms with van der Waals surface area (Å²) in [5, 5.41) is 18.8.